The minimum absolute atomic E-state index is 0.415. The highest BCUT2D eigenvalue weighted by atomic mass is 127. The second kappa shape index (κ2) is 5.78. The van der Waals surface area contributed by atoms with Gasteiger partial charge in [-0.15, -0.1) is 0 Å². The number of hydrogen-bond donors (Lipinski definition) is 0. The van der Waals surface area contributed by atoms with Crippen molar-refractivity contribution >= 4 is 28.6 Å². The lowest BCUT2D eigenvalue weighted by molar-refractivity contribution is -0.146. The molecule has 0 spiro atoms. The summed E-state index contributed by atoms with van der Waals surface area (Å²) in [6.45, 7) is 0. The Bertz CT molecular complexity index is 521. The Morgan fingerprint density at radius 2 is 1.70 bits per heavy atom. The van der Waals surface area contributed by atoms with Gasteiger partial charge in [0, 0.05) is 3.57 Å². The van der Waals surface area contributed by atoms with Gasteiger partial charge in [-0.1, -0.05) is 0 Å². The number of carbonyl (C=O) groups is 1. The second-order valence-electron chi connectivity index (χ2n) is 3.70. The maximum absolute atomic E-state index is 12.9. The number of benzene rings is 1. The van der Waals surface area contributed by atoms with E-state index in [-0.39, 0.29) is 0 Å². The van der Waals surface area contributed by atoms with Gasteiger partial charge in [0.15, 0.2) is 0 Å². The van der Waals surface area contributed by atoms with E-state index in [0.29, 0.717) is 12.1 Å². The fraction of sp³-hybridized carbons (Fsp3) is 0.364. The molecule has 0 bridgehead atoms. The number of methoxy groups -OCH3 is 1. The van der Waals surface area contributed by atoms with Crippen molar-refractivity contribution in [1.29, 1.82) is 0 Å². The molecule has 0 saturated carbocycles. The van der Waals surface area contributed by atoms with E-state index in [2.05, 4.69) is 4.74 Å². The lowest BCUT2D eigenvalue weighted by Crippen LogP contribution is -2.21. The first-order valence-corrected chi connectivity index (χ1v) is 6.09. The molecule has 0 atom stereocenters. The molecular formula is C11H7F6IO2. The molecule has 2 nitrogen and oxygen atoms in total. The molecule has 0 N–H and O–H groups in total. The minimum atomic E-state index is -5.00. The first-order chi connectivity index (χ1) is 8.98. The molecule has 0 aromatic heterocycles. The summed E-state index contributed by atoms with van der Waals surface area (Å²) in [4.78, 5) is 11.1. The van der Waals surface area contributed by atoms with Gasteiger partial charge in [-0.25, -0.2) is 0 Å². The van der Waals surface area contributed by atoms with Gasteiger partial charge in [0.2, 0.25) is 0 Å². The van der Waals surface area contributed by atoms with E-state index in [9.17, 15) is 31.1 Å². The lowest BCUT2D eigenvalue weighted by atomic mass is 9.97. The molecule has 0 aliphatic heterocycles. The third-order valence-electron chi connectivity index (χ3n) is 2.40. The van der Waals surface area contributed by atoms with Crippen LogP contribution >= 0.6 is 22.6 Å². The molecule has 1 aromatic rings. The number of rotatable bonds is 2. The van der Waals surface area contributed by atoms with Gasteiger partial charge in [0.05, 0.1) is 24.7 Å². The summed E-state index contributed by atoms with van der Waals surface area (Å²) in [5.41, 5.74) is -4.07. The van der Waals surface area contributed by atoms with Crippen LogP contribution in [0.4, 0.5) is 26.3 Å². The molecule has 0 heterocycles. The van der Waals surface area contributed by atoms with Gasteiger partial charge in [0.25, 0.3) is 0 Å². The molecular weight excluding hydrogens is 405 g/mol. The quantitative estimate of drug-likeness (QED) is 0.417. The summed E-state index contributed by atoms with van der Waals surface area (Å²) in [6.07, 6.45) is -11.1. The van der Waals surface area contributed by atoms with Crippen molar-refractivity contribution in [2.24, 2.45) is 0 Å². The van der Waals surface area contributed by atoms with Crippen LogP contribution in [0.25, 0.3) is 0 Å². The summed E-state index contributed by atoms with van der Waals surface area (Å²) >= 11 is 1.28. The van der Waals surface area contributed by atoms with Crippen LogP contribution < -0.4 is 0 Å². The third-order valence-corrected chi connectivity index (χ3v) is 3.30. The number of alkyl halides is 6. The zero-order valence-electron chi connectivity index (χ0n) is 9.82. The highest BCUT2D eigenvalue weighted by Gasteiger charge is 2.42. The average molecular weight is 412 g/mol. The highest BCUT2D eigenvalue weighted by Crippen LogP contribution is 2.41. The Morgan fingerprint density at radius 3 is 2.10 bits per heavy atom. The molecule has 0 radical (unpaired) electrons. The van der Waals surface area contributed by atoms with Crippen LogP contribution in [-0.4, -0.2) is 13.1 Å². The van der Waals surface area contributed by atoms with Gasteiger partial charge < -0.3 is 4.74 Å². The standard InChI is InChI=1S/C11H7F6IO2/c1-20-8(19)4-5-6(10(12,13)14)2-3-7(18)9(5)11(15,16)17/h2-3H,4H2,1H3. The van der Waals surface area contributed by atoms with Gasteiger partial charge in [-0.3, -0.25) is 4.79 Å². The number of esters is 1. The zero-order chi connectivity index (χ0) is 15.7. The topological polar surface area (TPSA) is 26.3 Å². The normalized spacial score (nSPS) is 12.4. The monoisotopic (exact) mass is 412 g/mol. The molecule has 20 heavy (non-hydrogen) atoms. The van der Waals surface area contributed by atoms with E-state index >= 15 is 0 Å². The van der Waals surface area contributed by atoms with Gasteiger partial charge in [-0.2, -0.15) is 26.3 Å². The van der Waals surface area contributed by atoms with Crippen molar-refractivity contribution in [3.63, 3.8) is 0 Å². The Kier molecular flexibility index (Phi) is 4.93. The minimum Gasteiger partial charge on any atom is -0.469 e. The largest absolute Gasteiger partial charge is 0.469 e. The molecule has 9 heteroatoms. The van der Waals surface area contributed by atoms with Gasteiger partial charge >= 0.3 is 18.3 Å². The van der Waals surface area contributed by atoms with E-state index in [1.165, 1.54) is 22.6 Å². The van der Waals surface area contributed by atoms with Crippen molar-refractivity contribution in [3.05, 3.63) is 32.4 Å². The Balaban J connectivity index is 3.60. The maximum Gasteiger partial charge on any atom is 0.417 e. The smallest absolute Gasteiger partial charge is 0.417 e. The second-order valence-corrected chi connectivity index (χ2v) is 4.86. The molecule has 0 aliphatic rings. The van der Waals surface area contributed by atoms with E-state index < -0.39 is 45.0 Å². The van der Waals surface area contributed by atoms with E-state index in [1.807, 2.05) is 0 Å². The Labute approximate surface area is 123 Å². The molecule has 0 unspecified atom stereocenters. The number of ether oxygens (including phenoxy) is 1. The predicted octanol–water partition coefficient (Wildman–Crippen LogP) is 4.04. The molecule has 0 amide bonds. The predicted molar refractivity (Wildman–Crippen MR) is 64.9 cm³/mol. The maximum atomic E-state index is 12.9. The number of halogens is 7. The van der Waals surface area contributed by atoms with Crippen molar-refractivity contribution < 1.29 is 35.9 Å². The van der Waals surface area contributed by atoms with Crippen LogP contribution in [0, 0.1) is 3.57 Å². The Morgan fingerprint density at radius 1 is 1.15 bits per heavy atom. The third kappa shape index (κ3) is 3.76. The summed E-state index contributed by atoms with van der Waals surface area (Å²) in [5.74, 6) is -1.18. The van der Waals surface area contributed by atoms with E-state index in [4.69, 9.17) is 0 Å². The first kappa shape index (κ1) is 17.1. The van der Waals surface area contributed by atoms with Crippen LogP contribution in [0.15, 0.2) is 12.1 Å². The fourth-order valence-corrected chi connectivity index (χ4v) is 2.40. The SMILES string of the molecule is COC(=O)Cc1c(C(F)(F)F)ccc(I)c1C(F)(F)F. The summed E-state index contributed by atoms with van der Waals surface area (Å²) in [6, 6.07) is 1.24. The highest BCUT2D eigenvalue weighted by molar-refractivity contribution is 14.1. The Hall–Kier alpha value is -1.00. The van der Waals surface area contributed by atoms with Crippen molar-refractivity contribution in [3.8, 4) is 0 Å². The van der Waals surface area contributed by atoms with Crippen LogP contribution in [0.5, 0.6) is 0 Å². The van der Waals surface area contributed by atoms with E-state index in [1.54, 1.807) is 0 Å². The van der Waals surface area contributed by atoms with Crippen LogP contribution in [0.3, 0.4) is 0 Å². The van der Waals surface area contributed by atoms with Crippen molar-refractivity contribution in [1.82, 2.24) is 0 Å². The van der Waals surface area contributed by atoms with Gasteiger partial charge in [0.1, 0.15) is 0 Å². The molecule has 1 aromatic carbocycles. The summed E-state index contributed by atoms with van der Waals surface area (Å²) in [5, 5.41) is 0. The average Bonchev–Trinajstić information content (AvgIpc) is 2.25. The van der Waals surface area contributed by atoms with Crippen LogP contribution in [0.2, 0.25) is 0 Å². The van der Waals surface area contributed by atoms with Crippen molar-refractivity contribution in [2.45, 2.75) is 18.8 Å². The number of hydrogen-bond acceptors (Lipinski definition) is 2. The molecule has 112 valence electrons. The molecule has 1 rings (SSSR count). The zero-order valence-corrected chi connectivity index (χ0v) is 12.0. The first-order valence-electron chi connectivity index (χ1n) is 5.01. The van der Waals surface area contributed by atoms with E-state index in [0.717, 1.165) is 7.11 Å². The molecule has 0 fully saturated rings. The van der Waals surface area contributed by atoms with Gasteiger partial charge in [-0.05, 0) is 40.3 Å². The summed E-state index contributed by atoms with van der Waals surface area (Å²) < 4.78 is 80.8. The fourth-order valence-electron chi connectivity index (χ4n) is 1.59. The molecule has 0 aliphatic carbocycles. The van der Waals surface area contributed by atoms with Crippen molar-refractivity contribution in [2.75, 3.05) is 7.11 Å². The van der Waals surface area contributed by atoms with Crippen LogP contribution in [-0.2, 0) is 28.3 Å². The number of carbonyl (C=O) groups excluding carboxylic acids is 1. The van der Waals surface area contributed by atoms with Crippen LogP contribution in [0.1, 0.15) is 16.7 Å². The lowest BCUT2D eigenvalue weighted by Gasteiger charge is -2.19. The summed E-state index contributed by atoms with van der Waals surface area (Å²) in [7, 11) is 0.886. The molecule has 0 saturated heterocycles.